The number of carbonyl (C=O) groups excluding carboxylic acids is 1. The van der Waals surface area contributed by atoms with Crippen LogP contribution >= 0.6 is 23.2 Å². The Morgan fingerprint density at radius 1 is 1.08 bits per heavy atom. The maximum absolute atomic E-state index is 12.3. The fraction of sp³-hybridized carbons (Fsp3) is 0.0588. The number of hydrogen-bond donors (Lipinski definition) is 2. The quantitative estimate of drug-likeness (QED) is 0.684. The number of aromatic amines is 1. The minimum atomic E-state index is -0.381. The predicted octanol–water partition coefficient (Wildman–Crippen LogP) is 3.70. The van der Waals surface area contributed by atoms with Gasteiger partial charge >= 0.3 is 0 Å². The number of hydrogen-bond acceptors (Lipinski definition) is 4. The van der Waals surface area contributed by atoms with E-state index in [4.69, 9.17) is 23.2 Å². The first kappa shape index (κ1) is 17.1. The molecule has 0 saturated carbocycles. The molecule has 3 rings (SSSR count). The molecule has 0 saturated heterocycles. The van der Waals surface area contributed by atoms with E-state index >= 15 is 0 Å². The van der Waals surface area contributed by atoms with Crippen molar-refractivity contribution >= 4 is 34.8 Å². The summed E-state index contributed by atoms with van der Waals surface area (Å²) in [5.74, 6) is 0.0464. The lowest BCUT2D eigenvalue weighted by atomic mass is 10.1. The third-order valence-corrected chi connectivity index (χ3v) is 3.68. The molecule has 2 heterocycles. The molecule has 0 aliphatic carbocycles. The lowest BCUT2D eigenvalue weighted by Crippen LogP contribution is -2.12. The van der Waals surface area contributed by atoms with Crippen LogP contribution in [0.25, 0.3) is 11.4 Å². The van der Waals surface area contributed by atoms with Crippen molar-refractivity contribution in [2.45, 2.75) is 6.92 Å². The van der Waals surface area contributed by atoms with Crippen molar-refractivity contribution in [2.75, 3.05) is 5.32 Å². The molecule has 6 nitrogen and oxygen atoms in total. The minimum absolute atomic E-state index is 0.132. The zero-order chi connectivity index (χ0) is 18.0. The number of halogens is 2. The summed E-state index contributed by atoms with van der Waals surface area (Å²) in [6.07, 6.45) is 0. The summed E-state index contributed by atoms with van der Waals surface area (Å²) < 4.78 is 0. The molecule has 0 aliphatic rings. The van der Waals surface area contributed by atoms with E-state index < -0.39 is 0 Å². The zero-order valence-corrected chi connectivity index (χ0v) is 14.5. The SMILES string of the molecule is Cc1cc(=O)[nH]c(-c2cccc(NC(=O)c3cc(Cl)nc(Cl)c3)c2)n1. The molecule has 0 unspecified atom stereocenters. The molecule has 0 bridgehead atoms. The average molecular weight is 375 g/mol. The Labute approximate surface area is 152 Å². The Morgan fingerprint density at radius 2 is 1.80 bits per heavy atom. The van der Waals surface area contributed by atoms with Crippen molar-refractivity contribution in [3.05, 3.63) is 74.4 Å². The van der Waals surface area contributed by atoms with Crippen LogP contribution in [0.4, 0.5) is 5.69 Å². The molecule has 8 heteroatoms. The van der Waals surface area contributed by atoms with Gasteiger partial charge in [0.2, 0.25) is 0 Å². The maximum atomic E-state index is 12.3. The molecule has 1 amide bonds. The van der Waals surface area contributed by atoms with Crippen LogP contribution in [-0.2, 0) is 0 Å². The number of anilines is 1. The third-order valence-electron chi connectivity index (χ3n) is 3.29. The third kappa shape index (κ3) is 4.23. The molecule has 126 valence electrons. The number of nitrogens with one attached hydrogen (secondary N) is 2. The van der Waals surface area contributed by atoms with E-state index in [0.717, 1.165) is 0 Å². The number of aryl methyl sites for hydroxylation is 1. The molecule has 25 heavy (non-hydrogen) atoms. The highest BCUT2D eigenvalue weighted by Gasteiger charge is 2.10. The Kier molecular flexibility index (Phi) is 4.83. The normalized spacial score (nSPS) is 10.5. The molecule has 3 aromatic rings. The van der Waals surface area contributed by atoms with Gasteiger partial charge in [0.25, 0.3) is 11.5 Å². The number of nitrogens with zero attached hydrogens (tertiary/aromatic N) is 2. The van der Waals surface area contributed by atoms with Crippen molar-refractivity contribution in [2.24, 2.45) is 0 Å². The summed E-state index contributed by atoms with van der Waals surface area (Å²) in [4.78, 5) is 34.7. The molecule has 2 N–H and O–H groups in total. The Balaban J connectivity index is 1.89. The van der Waals surface area contributed by atoms with Gasteiger partial charge in [-0.05, 0) is 31.2 Å². The smallest absolute Gasteiger partial charge is 0.255 e. The van der Waals surface area contributed by atoms with E-state index in [9.17, 15) is 9.59 Å². The van der Waals surface area contributed by atoms with Crippen LogP contribution in [0, 0.1) is 6.92 Å². The predicted molar refractivity (Wildman–Crippen MR) is 97.2 cm³/mol. The lowest BCUT2D eigenvalue weighted by molar-refractivity contribution is 0.102. The van der Waals surface area contributed by atoms with Crippen LogP contribution in [0.2, 0.25) is 10.3 Å². The zero-order valence-electron chi connectivity index (χ0n) is 13.0. The molecular formula is C17H12Cl2N4O2. The topological polar surface area (TPSA) is 87.7 Å². The van der Waals surface area contributed by atoms with Crippen LogP contribution in [0.1, 0.15) is 16.1 Å². The molecule has 2 aromatic heterocycles. The van der Waals surface area contributed by atoms with Crippen molar-refractivity contribution in [1.82, 2.24) is 15.0 Å². The van der Waals surface area contributed by atoms with Crippen LogP contribution in [0.15, 0.2) is 47.3 Å². The summed E-state index contributed by atoms with van der Waals surface area (Å²) in [6.45, 7) is 1.74. The summed E-state index contributed by atoms with van der Waals surface area (Å²) in [5.41, 5.74) is 1.87. The van der Waals surface area contributed by atoms with Crippen LogP contribution in [0.3, 0.4) is 0 Å². The minimum Gasteiger partial charge on any atom is -0.322 e. The molecule has 0 radical (unpaired) electrons. The van der Waals surface area contributed by atoms with Crippen LogP contribution in [0.5, 0.6) is 0 Å². The van der Waals surface area contributed by atoms with Gasteiger partial charge in [-0.3, -0.25) is 9.59 Å². The number of amides is 1. The van der Waals surface area contributed by atoms with Gasteiger partial charge in [0, 0.05) is 28.6 Å². The number of rotatable bonds is 3. The van der Waals surface area contributed by atoms with E-state index in [2.05, 4.69) is 20.3 Å². The van der Waals surface area contributed by atoms with Crippen molar-refractivity contribution in [1.29, 1.82) is 0 Å². The Bertz CT molecular complexity index is 997. The fourth-order valence-electron chi connectivity index (χ4n) is 2.26. The second-order valence-electron chi connectivity index (χ2n) is 5.27. The second kappa shape index (κ2) is 7.04. The van der Waals surface area contributed by atoms with Gasteiger partial charge in [-0.25, -0.2) is 9.97 Å². The number of carbonyl (C=O) groups is 1. The maximum Gasteiger partial charge on any atom is 0.255 e. The molecule has 0 fully saturated rings. The monoisotopic (exact) mass is 374 g/mol. The molecular weight excluding hydrogens is 363 g/mol. The number of benzene rings is 1. The largest absolute Gasteiger partial charge is 0.322 e. The molecule has 0 spiro atoms. The van der Waals surface area contributed by atoms with Gasteiger partial charge in [-0.1, -0.05) is 35.3 Å². The number of pyridine rings is 1. The van der Waals surface area contributed by atoms with E-state index in [-0.39, 0.29) is 27.3 Å². The summed E-state index contributed by atoms with van der Waals surface area (Å²) in [7, 11) is 0. The van der Waals surface area contributed by atoms with Crippen molar-refractivity contribution in [3.63, 3.8) is 0 Å². The highest BCUT2D eigenvalue weighted by atomic mass is 35.5. The van der Waals surface area contributed by atoms with E-state index in [0.29, 0.717) is 22.8 Å². The fourth-order valence-corrected chi connectivity index (χ4v) is 2.72. The standard InChI is InChI=1S/C17H12Cl2N4O2/c1-9-5-15(24)23-16(20-9)10-3-2-4-12(6-10)21-17(25)11-7-13(18)22-14(19)8-11/h2-8H,1H3,(H,21,25)(H,20,23,24). The van der Waals surface area contributed by atoms with E-state index in [1.807, 2.05) is 0 Å². The first-order chi connectivity index (χ1) is 11.9. The summed E-state index contributed by atoms with van der Waals surface area (Å²) >= 11 is 11.6. The lowest BCUT2D eigenvalue weighted by Gasteiger charge is -2.08. The van der Waals surface area contributed by atoms with Gasteiger partial charge < -0.3 is 10.3 Å². The summed E-state index contributed by atoms with van der Waals surface area (Å²) in [5, 5.41) is 3.01. The van der Waals surface area contributed by atoms with Gasteiger partial charge in [-0.15, -0.1) is 0 Å². The number of aromatic nitrogens is 3. The first-order valence-corrected chi connectivity index (χ1v) is 7.99. The van der Waals surface area contributed by atoms with E-state index in [1.54, 1.807) is 31.2 Å². The van der Waals surface area contributed by atoms with Gasteiger partial charge in [-0.2, -0.15) is 0 Å². The molecule has 0 atom stereocenters. The molecule has 0 aliphatic heterocycles. The number of H-pyrrole nitrogens is 1. The Hall–Kier alpha value is -2.70. The van der Waals surface area contributed by atoms with Crippen molar-refractivity contribution in [3.8, 4) is 11.4 Å². The van der Waals surface area contributed by atoms with Crippen molar-refractivity contribution < 1.29 is 4.79 Å². The Morgan fingerprint density at radius 3 is 2.48 bits per heavy atom. The van der Waals surface area contributed by atoms with E-state index in [1.165, 1.54) is 18.2 Å². The second-order valence-corrected chi connectivity index (χ2v) is 6.05. The van der Waals surface area contributed by atoms with Crippen LogP contribution < -0.4 is 10.9 Å². The van der Waals surface area contributed by atoms with Gasteiger partial charge in [0.05, 0.1) is 0 Å². The highest BCUT2D eigenvalue weighted by Crippen LogP contribution is 2.20. The average Bonchev–Trinajstić information content (AvgIpc) is 2.53. The van der Waals surface area contributed by atoms with Crippen LogP contribution in [-0.4, -0.2) is 20.9 Å². The highest BCUT2D eigenvalue weighted by molar-refractivity contribution is 6.33. The van der Waals surface area contributed by atoms with Gasteiger partial charge in [0.1, 0.15) is 16.1 Å². The summed E-state index contributed by atoms with van der Waals surface area (Å²) in [6, 6.07) is 11.2. The molecule has 1 aromatic carbocycles. The van der Waals surface area contributed by atoms with Gasteiger partial charge in [0.15, 0.2) is 0 Å². The first-order valence-electron chi connectivity index (χ1n) is 7.23.